The Morgan fingerprint density at radius 1 is 1.39 bits per heavy atom. The van der Waals surface area contributed by atoms with Crippen molar-refractivity contribution in [2.24, 2.45) is 0 Å². The zero-order valence-electron chi connectivity index (χ0n) is 16.8. The number of amides is 1. The highest BCUT2D eigenvalue weighted by atomic mass is 35.5. The number of carbonyl (C=O) groups excluding carboxylic acids is 1. The van der Waals surface area contributed by atoms with Crippen LogP contribution >= 0.6 is 34.7 Å². The van der Waals surface area contributed by atoms with Gasteiger partial charge in [0.2, 0.25) is 5.91 Å². The van der Waals surface area contributed by atoms with Crippen molar-refractivity contribution in [1.29, 1.82) is 0 Å². The molecule has 1 atom stereocenters. The third-order valence-corrected chi connectivity index (χ3v) is 7.03. The number of rotatable bonds is 7. The number of hydrogen-bond acceptors (Lipinski definition) is 7. The van der Waals surface area contributed by atoms with Crippen LogP contribution in [0.4, 0.5) is 5.82 Å². The normalized spacial score (nSPS) is 12.2. The van der Waals surface area contributed by atoms with Crippen LogP contribution in [0.1, 0.15) is 24.5 Å². The fraction of sp³-hybridized carbons (Fsp3) is 0.238. The molecule has 0 aliphatic heterocycles. The molecule has 0 aromatic carbocycles. The summed E-state index contributed by atoms with van der Waals surface area (Å²) in [7, 11) is 0. The smallest absolute Gasteiger partial charge is 0.263 e. The molecule has 0 saturated heterocycles. The van der Waals surface area contributed by atoms with Crippen LogP contribution in [0.25, 0.3) is 10.2 Å². The summed E-state index contributed by atoms with van der Waals surface area (Å²) >= 11 is 8.56. The van der Waals surface area contributed by atoms with Crippen molar-refractivity contribution in [1.82, 2.24) is 14.5 Å². The highest BCUT2D eigenvalue weighted by Crippen LogP contribution is 2.28. The second kappa shape index (κ2) is 9.25. The molecule has 0 bridgehead atoms. The molecule has 0 spiro atoms. The number of thioether (sulfide) groups is 1. The molecule has 4 aromatic rings. The molecule has 0 fully saturated rings. The summed E-state index contributed by atoms with van der Waals surface area (Å²) in [5, 5.41) is 3.78. The van der Waals surface area contributed by atoms with Crippen molar-refractivity contribution >= 4 is 56.6 Å². The lowest BCUT2D eigenvalue weighted by Gasteiger charge is -2.15. The number of anilines is 1. The molecule has 7 nitrogen and oxygen atoms in total. The minimum Gasteiger partial charge on any atom is -0.467 e. The molecule has 0 aliphatic carbocycles. The molecule has 10 heteroatoms. The molecular weight excluding hydrogens is 456 g/mol. The highest BCUT2D eigenvalue weighted by Gasteiger charge is 2.21. The topological polar surface area (TPSA) is 90.0 Å². The summed E-state index contributed by atoms with van der Waals surface area (Å²) in [5.41, 5.74) is -0.146. The first-order chi connectivity index (χ1) is 14.9. The van der Waals surface area contributed by atoms with Crippen molar-refractivity contribution in [2.75, 3.05) is 5.32 Å². The molecule has 0 saturated carbocycles. The van der Waals surface area contributed by atoms with Crippen molar-refractivity contribution in [3.63, 3.8) is 0 Å². The zero-order valence-corrected chi connectivity index (χ0v) is 19.2. The Kier molecular flexibility index (Phi) is 6.45. The third-order valence-electron chi connectivity index (χ3n) is 4.54. The summed E-state index contributed by atoms with van der Waals surface area (Å²) in [6.45, 7) is 4.04. The Bertz CT molecular complexity index is 1270. The number of furan rings is 1. The second-order valence-corrected chi connectivity index (χ2v) is 9.62. The van der Waals surface area contributed by atoms with Gasteiger partial charge in [-0.3, -0.25) is 14.2 Å². The summed E-state index contributed by atoms with van der Waals surface area (Å²) < 4.78 is 6.99. The number of carbonyl (C=O) groups is 1. The minimum absolute atomic E-state index is 0.146. The maximum atomic E-state index is 13.2. The van der Waals surface area contributed by atoms with Crippen LogP contribution < -0.4 is 10.9 Å². The number of fused-ring (bicyclic) bond motifs is 1. The molecule has 4 aromatic heterocycles. The van der Waals surface area contributed by atoms with Gasteiger partial charge < -0.3 is 9.73 Å². The monoisotopic (exact) mass is 474 g/mol. The number of aryl methyl sites for hydroxylation is 1. The van der Waals surface area contributed by atoms with Crippen LogP contribution in [0, 0.1) is 0 Å². The van der Waals surface area contributed by atoms with Gasteiger partial charge in [0.1, 0.15) is 16.4 Å². The van der Waals surface area contributed by atoms with Crippen LogP contribution in [-0.2, 0) is 17.8 Å². The van der Waals surface area contributed by atoms with Crippen LogP contribution in [0.15, 0.2) is 57.2 Å². The fourth-order valence-electron chi connectivity index (χ4n) is 2.90. The summed E-state index contributed by atoms with van der Waals surface area (Å²) in [5.74, 6) is 0.793. The molecular formula is C21H19ClN4O3S2. The Morgan fingerprint density at radius 3 is 2.90 bits per heavy atom. The van der Waals surface area contributed by atoms with E-state index >= 15 is 0 Å². The Labute approximate surface area is 191 Å². The van der Waals surface area contributed by atoms with E-state index < -0.39 is 5.25 Å². The summed E-state index contributed by atoms with van der Waals surface area (Å²) in [6, 6.07) is 8.75. The number of thiophene rings is 1. The van der Waals surface area contributed by atoms with E-state index in [1.807, 2.05) is 13.0 Å². The third kappa shape index (κ3) is 4.84. The Morgan fingerprint density at radius 2 is 2.23 bits per heavy atom. The quantitative estimate of drug-likeness (QED) is 0.305. The van der Waals surface area contributed by atoms with E-state index in [0.29, 0.717) is 32.0 Å². The second-order valence-electron chi connectivity index (χ2n) is 6.76. The first kappa shape index (κ1) is 21.6. The highest BCUT2D eigenvalue weighted by molar-refractivity contribution is 8.00. The number of hydrogen-bond donors (Lipinski definition) is 1. The van der Waals surface area contributed by atoms with E-state index in [9.17, 15) is 9.59 Å². The van der Waals surface area contributed by atoms with E-state index in [1.165, 1.54) is 29.3 Å². The van der Waals surface area contributed by atoms with E-state index in [2.05, 4.69) is 10.3 Å². The summed E-state index contributed by atoms with van der Waals surface area (Å²) in [4.78, 5) is 36.5. The van der Waals surface area contributed by atoms with Crippen LogP contribution in [0.5, 0.6) is 0 Å². The largest absolute Gasteiger partial charge is 0.467 e. The average molecular weight is 475 g/mol. The molecule has 0 radical (unpaired) electrons. The van der Waals surface area contributed by atoms with Gasteiger partial charge in [0.05, 0.1) is 28.5 Å². The van der Waals surface area contributed by atoms with E-state index in [4.69, 9.17) is 21.0 Å². The van der Waals surface area contributed by atoms with Crippen molar-refractivity contribution in [3.05, 3.63) is 68.8 Å². The van der Waals surface area contributed by atoms with Gasteiger partial charge in [-0.2, -0.15) is 0 Å². The van der Waals surface area contributed by atoms with Gasteiger partial charge in [0, 0.05) is 11.1 Å². The van der Waals surface area contributed by atoms with Crippen LogP contribution in [-0.4, -0.2) is 25.7 Å². The maximum Gasteiger partial charge on any atom is 0.263 e. The van der Waals surface area contributed by atoms with Gasteiger partial charge in [-0.05, 0) is 43.7 Å². The van der Waals surface area contributed by atoms with Gasteiger partial charge in [-0.1, -0.05) is 30.3 Å². The Balaban J connectivity index is 1.65. The maximum absolute atomic E-state index is 13.2. The molecule has 4 rings (SSSR count). The molecule has 160 valence electrons. The molecule has 31 heavy (non-hydrogen) atoms. The molecule has 0 unspecified atom stereocenters. The lowest BCUT2D eigenvalue weighted by molar-refractivity contribution is -0.115. The van der Waals surface area contributed by atoms with E-state index in [0.717, 1.165) is 11.3 Å². The van der Waals surface area contributed by atoms with Gasteiger partial charge in [0.25, 0.3) is 5.56 Å². The molecule has 0 aliphatic rings. The Hall–Kier alpha value is -2.62. The number of halogens is 1. The standard InChI is InChI=1S/C21H19ClN4O3S2/c1-3-15-9-16-19(31-15)25-21(26(20(16)28)11-14-5-4-8-29-14)30-12(2)18(27)24-17-7-6-13(22)10-23-17/h4-10,12H,3,11H2,1-2H3,(H,23,24,27)/t12-/m1/s1. The predicted octanol–water partition coefficient (Wildman–Crippen LogP) is 4.83. The number of pyridine rings is 1. The lowest BCUT2D eigenvalue weighted by atomic mass is 10.3. The fourth-order valence-corrected chi connectivity index (χ4v) is 4.93. The zero-order chi connectivity index (χ0) is 22.0. The minimum atomic E-state index is -0.518. The van der Waals surface area contributed by atoms with Crippen LogP contribution in [0.3, 0.4) is 0 Å². The predicted molar refractivity (Wildman–Crippen MR) is 124 cm³/mol. The SMILES string of the molecule is CCc1cc2c(=O)n(Cc3ccco3)c(S[C@H](C)C(=O)Nc3ccc(Cl)cn3)nc2s1. The van der Waals surface area contributed by atoms with Gasteiger partial charge >= 0.3 is 0 Å². The molecule has 1 N–H and O–H groups in total. The average Bonchev–Trinajstić information content (AvgIpc) is 3.42. The number of nitrogens with zero attached hydrogens (tertiary/aromatic N) is 3. The van der Waals surface area contributed by atoms with E-state index in [-0.39, 0.29) is 18.0 Å². The van der Waals surface area contributed by atoms with Crippen molar-refractivity contribution in [2.45, 2.75) is 37.2 Å². The first-order valence-electron chi connectivity index (χ1n) is 9.59. The summed E-state index contributed by atoms with van der Waals surface area (Å²) in [6.07, 6.45) is 3.86. The molecule has 1 amide bonds. The van der Waals surface area contributed by atoms with E-state index in [1.54, 1.807) is 42.0 Å². The molecule has 4 heterocycles. The van der Waals surface area contributed by atoms with Crippen molar-refractivity contribution in [3.8, 4) is 0 Å². The number of aromatic nitrogens is 3. The first-order valence-corrected chi connectivity index (χ1v) is 11.7. The van der Waals surface area contributed by atoms with Crippen LogP contribution in [0.2, 0.25) is 5.02 Å². The van der Waals surface area contributed by atoms with Gasteiger partial charge in [-0.15, -0.1) is 11.3 Å². The van der Waals surface area contributed by atoms with Gasteiger partial charge in [0.15, 0.2) is 5.16 Å². The van der Waals surface area contributed by atoms with Crippen molar-refractivity contribution < 1.29 is 9.21 Å². The van der Waals surface area contributed by atoms with Gasteiger partial charge in [-0.25, -0.2) is 9.97 Å². The lowest BCUT2D eigenvalue weighted by Crippen LogP contribution is -2.27. The number of nitrogens with one attached hydrogen (secondary N) is 1.